The van der Waals surface area contributed by atoms with E-state index in [4.69, 9.17) is 5.73 Å². The molecule has 0 radical (unpaired) electrons. The molecule has 1 unspecified atom stereocenters. The van der Waals surface area contributed by atoms with E-state index in [1.807, 2.05) is 0 Å². The van der Waals surface area contributed by atoms with Gasteiger partial charge in [-0.1, -0.05) is 13.8 Å². The first-order valence-corrected chi connectivity index (χ1v) is 6.41. The molecule has 0 bridgehead atoms. The monoisotopic (exact) mass is 250 g/mol. The van der Waals surface area contributed by atoms with Crippen LogP contribution in [0.1, 0.15) is 33.1 Å². The van der Waals surface area contributed by atoms with E-state index in [9.17, 15) is 4.79 Å². The van der Waals surface area contributed by atoms with Gasteiger partial charge in [-0.15, -0.1) is 5.10 Å². The van der Waals surface area contributed by atoms with Gasteiger partial charge in [0.25, 0.3) is 0 Å². The van der Waals surface area contributed by atoms with E-state index in [2.05, 4.69) is 29.4 Å². The summed E-state index contributed by atoms with van der Waals surface area (Å²) < 4.78 is 0. The van der Waals surface area contributed by atoms with Crippen LogP contribution >= 0.6 is 0 Å². The lowest BCUT2D eigenvalue weighted by Crippen LogP contribution is -2.18. The maximum atomic E-state index is 11.7. The average molecular weight is 250 g/mol. The number of nitrogens with one attached hydrogen (secondary N) is 1. The molecule has 0 saturated carbocycles. The van der Waals surface area contributed by atoms with Crippen molar-refractivity contribution in [3.63, 3.8) is 0 Å². The molecular formula is C13H22N4O. The molecule has 1 heterocycles. The average Bonchev–Trinajstić information content (AvgIpc) is 2.35. The Hall–Kier alpha value is -1.49. The van der Waals surface area contributed by atoms with Crippen LogP contribution in [-0.4, -0.2) is 22.6 Å². The van der Waals surface area contributed by atoms with Crippen molar-refractivity contribution in [1.82, 2.24) is 10.2 Å². The zero-order valence-corrected chi connectivity index (χ0v) is 11.1. The van der Waals surface area contributed by atoms with Crippen LogP contribution in [0.15, 0.2) is 18.3 Å². The van der Waals surface area contributed by atoms with Crippen LogP contribution in [0.5, 0.6) is 0 Å². The molecule has 1 rings (SSSR count). The van der Waals surface area contributed by atoms with Crippen molar-refractivity contribution in [1.29, 1.82) is 0 Å². The summed E-state index contributed by atoms with van der Waals surface area (Å²) in [6.45, 7) is 5.01. The molecule has 0 saturated heterocycles. The summed E-state index contributed by atoms with van der Waals surface area (Å²) in [4.78, 5) is 11.7. The smallest absolute Gasteiger partial charge is 0.225 e. The normalized spacial score (nSPS) is 12.4. The Morgan fingerprint density at radius 1 is 1.44 bits per heavy atom. The van der Waals surface area contributed by atoms with Gasteiger partial charge >= 0.3 is 0 Å². The van der Waals surface area contributed by atoms with Gasteiger partial charge in [-0.2, -0.15) is 5.10 Å². The summed E-state index contributed by atoms with van der Waals surface area (Å²) in [5, 5.41) is 10.3. The summed E-state index contributed by atoms with van der Waals surface area (Å²) in [5.41, 5.74) is 5.58. The second-order valence-corrected chi connectivity index (χ2v) is 4.78. The minimum Gasteiger partial charge on any atom is -0.330 e. The molecule has 100 valence electrons. The minimum atomic E-state index is -0.0156. The molecule has 0 aliphatic rings. The lowest BCUT2D eigenvalue weighted by atomic mass is 9.88. The number of amides is 1. The highest BCUT2D eigenvalue weighted by Crippen LogP contribution is 2.20. The minimum absolute atomic E-state index is 0.0156. The lowest BCUT2D eigenvalue weighted by molar-refractivity contribution is -0.116. The van der Waals surface area contributed by atoms with Crippen molar-refractivity contribution in [3.8, 4) is 0 Å². The van der Waals surface area contributed by atoms with E-state index in [1.165, 1.54) is 0 Å². The van der Waals surface area contributed by atoms with E-state index in [-0.39, 0.29) is 5.91 Å². The van der Waals surface area contributed by atoms with Gasteiger partial charge in [0.2, 0.25) is 5.91 Å². The van der Waals surface area contributed by atoms with E-state index >= 15 is 0 Å². The molecule has 0 aliphatic heterocycles. The summed E-state index contributed by atoms with van der Waals surface area (Å²) >= 11 is 0. The van der Waals surface area contributed by atoms with E-state index in [0.29, 0.717) is 30.6 Å². The predicted molar refractivity (Wildman–Crippen MR) is 71.9 cm³/mol. The summed E-state index contributed by atoms with van der Waals surface area (Å²) in [7, 11) is 0. The quantitative estimate of drug-likeness (QED) is 0.773. The first-order valence-electron chi connectivity index (χ1n) is 6.41. The van der Waals surface area contributed by atoms with Crippen LogP contribution in [0.25, 0.3) is 0 Å². The maximum absolute atomic E-state index is 11.7. The van der Waals surface area contributed by atoms with Gasteiger partial charge in [0.1, 0.15) is 0 Å². The highest BCUT2D eigenvalue weighted by Gasteiger charge is 2.14. The zero-order valence-electron chi connectivity index (χ0n) is 11.1. The number of aromatic nitrogens is 2. The lowest BCUT2D eigenvalue weighted by Gasteiger charge is -2.19. The van der Waals surface area contributed by atoms with Crippen molar-refractivity contribution in [2.45, 2.75) is 33.1 Å². The third-order valence-electron chi connectivity index (χ3n) is 3.06. The second-order valence-electron chi connectivity index (χ2n) is 4.78. The van der Waals surface area contributed by atoms with Gasteiger partial charge in [0, 0.05) is 12.6 Å². The maximum Gasteiger partial charge on any atom is 0.225 e. The van der Waals surface area contributed by atoms with E-state index in [1.54, 1.807) is 18.3 Å². The molecule has 1 aromatic heterocycles. The van der Waals surface area contributed by atoms with Crippen LogP contribution < -0.4 is 11.1 Å². The van der Waals surface area contributed by atoms with E-state index in [0.717, 1.165) is 12.8 Å². The molecule has 1 aromatic rings. The molecule has 0 fully saturated rings. The Kier molecular flexibility index (Phi) is 6.28. The van der Waals surface area contributed by atoms with Gasteiger partial charge in [0.05, 0.1) is 0 Å². The highest BCUT2D eigenvalue weighted by atomic mass is 16.1. The Labute approximate surface area is 108 Å². The molecule has 5 heteroatoms. The standard InChI is InChI=1S/C13H22N4O/c1-10(2)11(7-8-14)5-6-13(18)16-12-4-3-9-15-17-12/h3-4,9-11H,5-8,14H2,1-2H3,(H,16,17,18). The first-order chi connectivity index (χ1) is 8.63. The van der Waals surface area contributed by atoms with Crippen molar-refractivity contribution >= 4 is 11.7 Å². The number of nitrogens with two attached hydrogens (primary N) is 1. The van der Waals surface area contributed by atoms with Crippen LogP contribution in [0, 0.1) is 11.8 Å². The number of hydrogen-bond donors (Lipinski definition) is 2. The third-order valence-corrected chi connectivity index (χ3v) is 3.06. The van der Waals surface area contributed by atoms with Crippen LogP contribution in [0.2, 0.25) is 0 Å². The SMILES string of the molecule is CC(C)C(CCN)CCC(=O)Nc1cccnn1. The third kappa shape index (κ3) is 5.23. The highest BCUT2D eigenvalue weighted by molar-refractivity contribution is 5.89. The fourth-order valence-corrected chi connectivity index (χ4v) is 1.92. The molecule has 1 amide bonds. The Morgan fingerprint density at radius 3 is 2.78 bits per heavy atom. The Morgan fingerprint density at radius 2 is 2.22 bits per heavy atom. The van der Waals surface area contributed by atoms with Crippen LogP contribution in [0.3, 0.4) is 0 Å². The van der Waals surface area contributed by atoms with Gasteiger partial charge < -0.3 is 11.1 Å². The summed E-state index contributed by atoms with van der Waals surface area (Å²) in [6.07, 6.45) is 3.90. The van der Waals surface area contributed by atoms with Gasteiger partial charge in [0.15, 0.2) is 5.82 Å². The summed E-state index contributed by atoms with van der Waals surface area (Å²) in [6, 6.07) is 3.47. The molecular weight excluding hydrogens is 228 g/mol. The molecule has 0 spiro atoms. The van der Waals surface area contributed by atoms with Crippen LogP contribution in [-0.2, 0) is 4.79 Å². The number of hydrogen-bond acceptors (Lipinski definition) is 4. The van der Waals surface area contributed by atoms with E-state index < -0.39 is 0 Å². The molecule has 0 aromatic carbocycles. The molecule has 0 aliphatic carbocycles. The Balaban J connectivity index is 2.36. The fraction of sp³-hybridized carbons (Fsp3) is 0.615. The second kappa shape index (κ2) is 7.76. The van der Waals surface area contributed by atoms with Gasteiger partial charge in [-0.3, -0.25) is 4.79 Å². The molecule has 1 atom stereocenters. The van der Waals surface area contributed by atoms with Crippen molar-refractivity contribution in [2.75, 3.05) is 11.9 Å². The predicted octanol–water partition coefficient (Wildman–Crippen LogP) is 1.82. The van der Waals surface area contributed by atoms with Crippen molar-refractivity contribution in [3.05, 3.63) is 18.3 Å². The first kappa shape index (κ1) is 14.6. The van der Waals surface area contributed by atoms with Gasteiger partial charge in [-0.25, -0.2) is 0 Å². The zero-order chi connectivity index (χ0) is 13.4. The number of anilines is 1. The van der Waals surface area contributed by atoms with Crippen molar-refractivity contribution in [2.24, 2.45) is 17.6 Å². The number of carbonyl (C=O) groups excluding carboxylic acids is 1. The van der Waals surface area contributed by atoms with Crippen LogP contribution in [0.4, 0.5) is 5.82 Å². The number of nitrogens with zero attached hydrogens (tertiary/aromatic N) is 2. The number of carbonyl (C=O) groups is 1. The number of rotatable bonds is 7. The largest absolute Gasteiger partial charge is 0.330 e. The Bertz CT molecular complexity index is 353. The molecule has 18 heavy (non-hydrogen) atoms. The molecule has 3 N–H and O–H groups in total. The van der Waals surface area contributed by atoms with Crippen molar-refractivity contribution < 1.29 is 4.79 Å². The summed E-state index contributed by atoms with van der Waals surface area (Å²) in [5.74, 6) is 1.54. The topological polar surface area (TPSA) is 80.9 Å². The molecule has 5 nitrogen and oxygen atoms in total. The fourth-order valence-electron chi connectivity index (χ4n) is 1.92. The van der Waals surface area contributed by atoms with Gasteiger partial charge in [-0.05, 0) is 43.4 Å².